The normalized spacial score (nSPS) is 18.1. The van der Waals surface area contributed by atoms with Gasteiger partial charge in [-0.2, -0.15) is 13.2 Å². The van der Waals surface area contributed by atoms with E-state index in [1.165, 1.54) is 12.1 Å². The Morgan fingerprint density at radius 1 is 1.05 bits per heavy atom. The summed E-state index contributed by atoms with van der Waals surface area (Å²) >= 11 is 5.96. The zero-order valence-electron chi connectivity index (χ0n) is 22.7. The van der Waals surface area contributed by atoms with Crippen LogP contribution >= 0.6 is 11.6 Å². The van der Waals surface area contributed by atoms with Crippen LogP contribution in [0.1, 0.15) is 53.1 Å². The topological polar surface area (TPSA) is 102 Å². The fourth-order valence-electron chi connectivity index (χ4n) is 4.63. The molecule has 9 nitrogen and oxygen atoms in total. The van der Waals surface area contributed by atoms with Crippen molar-refractivity contribution in [3.63, 3.8) is 0 Å². The van der Waals surface area contributed by atoms with Crippen molar-refractivity contribution < 1.29 is 63.1 Å². The lowest BCUT2D eigenvalue weighted by atomic mass is 10.0. The van der Waals surface area contributed by atoms with Gasteiger partial charge in [-0.3, -0.25) is 9.69 Å². The van der Waals surface area contributed by atoms with Crippen LogP contribution in [0.4, 0.5) is 30.7 Å². The molecule has 4 rings (SSSR count). The van der Waals surface area contributed by atoms with E-state index >= 15 is 4.39 Å². The number of benzene rings is 2. The Morgan fingerprint density at radius 2 is 1.73 bits per heavy atom. The van der Waals surface area contributed by atoms with E-state index in [9.17, 15) is 44.3 Å². The highest BCUT2D eigenvalue weighted by Gasteiger charge is 2.46. The number of halogens is 8. The summed E-state index contributed by atoms with van der Waals surface area (Å²) in [7, 11) is -4.92. The number of nitrogens with zero attached hydrogens (tertiary/aromatic N) is 2. The Labute approximate surface area is 251 Å². The highest BCUT2D eigenvalue weighted by atomic mass is 35.5. The summed E-state index contributed by atoms with van der Waals surface area (Å²) in [5.41, 5.74) is -0.222. The van der Waals surface area contributed by atoms with Gasteiger partial charge in [-0.15, -0.1) is 13.2 Å². The maximum Gasteiger partial charge on any atom is 0.573 e. The molecule has 18 heteroatoms. The minimum Gasteiger partial charge on any atom is -0.489 e. The Morgan fingerprint density at radius 3 is 2.32 bits per heavy atom. The number of hydroxylamine groups is 1. The number of rotatable bonds is 8. The molecule has 0 unspecified atom stereocenters. The molecule has 1 aliphatic carbocycles. The second kappa shape index (κ2) is 12.6. The van der Waals surface area contributed by atoms with Gasteiger partial charge >= 0.3 is 24.4 Å². The fraction of sp³-hybridized carbons (Fsp3) is 0.462. The molecule has 242 valence electrons. The summed E-state index contributed by atoms with van der Waals surface area (Å²) in [4.78, 5) is 29.7. The minimum atomic E-state index is -5.64. The van der Waals surface area contributed by atoms with Crippen LogP contribution in [0.5, 0.6) is 11.5 Å². The second-order valence-electron chi connectivity index (χ2n) is 10.3. The van der Waals surface area contributed by atoms with Gasteiger partial charge in [-0.05, 0) is 73.5 Å². The Kier molecular flexibility index (Phi) is 9.61. The summed E-state index contributed by atoms with van der Waals surface area (Å²) in [6, 6.07) is 5.48. The van der Waals surface area contributed by atoms with Gasteiger partial charge in [-0.1, -0.05) is 16.1 Å². The molecule has 1 aliphatic heterocycles. The van der Waals surface area contributed by atoms with Crippen LogP contribution in [0.3, 0.4) is 0 Å². The summed E-state index contributed by atoms with van der Waals surface area (Å²) in [5.74, 6) is -6.87. The Hall–Kier alpha value is -3.31. The maximum atomic E-state index is 15.2. The number of carbonyl (C=O) groups excluding carboxylic acids is 2. The van der Waals surface area contributed by atoms with Gasteiger partial charge in [0.25, 0.3) is 10.0 Å². The van der Waals surface area contributed by atoms with E-state index in [0.29, 0.717) is 49.6 Å². The molecule has 2 aromatic rings. The van der Waals surface area contributed by atoms with E-state index in [-0.39, 0.29) is 29.8 Å². The predicted octanol–water partition coefficient (Wildman–Crippen LogP) is 5.72. The second-order valence-corrected chi connectivity index (χ2v) is 12.5. The van der Waals surface area contributed by atoms with E-state index in [1.807, 2.05) is 4.90 Å². The van der Waals surface area contributed by atoms with E-state index in [4.69, 9.17) is 16.3 Å². The SMILES string of the molecule is CS(=O)(=O)N(OC(=O)C(F)(F)F)C(=O)c1cc(C2CC2)c(O[C@@H]2CCCN(Cc3cc(Cl)cc(OC(F)(F)F)c3)C2)cc1F. The lowest BCUT2D eigenvalue weighted by molar-refractivity contribution is -0.274. The molecule has 0 radical (unpaired) electrons. The van der Waals surface area contributed by atoms with Crippen LogP contribution in [0.25, 0.3) is 0 Å². The lowest BCUT2D eigenvalue weighted by Crippen LogP contribution is -2.42. The molecule has 2 fully saturated rings. The van der Waals surface area contributed by atoms with Gasteiger partial charge in [0.05, 0.1) is 11.8 Å². The average Bonchev–Trinajstić information content (AvgIpc) is 3.70. The quantitative estimate of drug-likeness (QED) is 0.259. The molecule has 0 bridgehead atoms. The van der Waals surface area contributed by atoms with Crippen molar-refractivity contribution in [1.29, 1.82) is 0 Å². The number of likely N-dealkylation sites (tertiary alicyclic amines) is 1. The van der Waals surface area contributed by atoms with Crippen molar-refractivity contribution in [2.45, 2.75) is 56.8 Å². The maximum absolute atomic E-state index is 15.2. The van der Waals surface area contributed by atoms with Crippen molar-refractivity contribution in [1.82, 2.24) is 9.37 Å². The summed E-state index contributed by atoms with van der Waals surface area (Å²) in [6.45, 7) is 1.00. The summed E-state index contributed by atoms with van der Waals surface area (Å²) in [6.07, 6.45) is -8.47. The first-order valence-corrected chi connectivity index (χ1v) is 15.1. The third kappa shape index (κ3) is 8.88. The summed E-state index contributed by atoms with van der Waals surface area (Å²) < 4.78 is 124. The molecular formula is C26H24ClF7N2O7S. The molecule has 0 spiro atoms. The number of carbonyl (C=O) groups is 2. The molecule has 1 saturated heterocycles. The first kappa shape index (κ1) is 33.6. The van der Waals surface area contributed by atoms with Crippen LogP contribution in [-0.4, -0.2) is 67.7 Å². The molecule has 0 N–H and O–H groups in total. The molecular weight excluding hydrogens is 653 g/mol. The molecule has 0 aromatic heterocycles. The first-order chi connectivity index (χ1) is 20.3. The molecule has 2 aliphatic rings. The van der Waals surface area contributed by atoms with Gasteiger partial charge in [0.2, 0.25) is 0 Å². The highest BCUT2D eigenvalue weighted by molar-refractivity contribution is 7.88. The molecule has 1 atom stereocenters. The van der Waals surface area contributed by atoms with Crippen LogP contribution < -0.4 is 9.47 Å². The van der Waals surface area contributed by atoms with E-state index < -0.39 is 62.1 Å². The number of piperidine rings is 1. The number of sulfonamides is 1. The van der Waals surface area contributed by atoms with E-state index in [1.54, 1.807) is 0 Å². The van der Waals surface area contributed by atoms with Crippen molar-refractivity contribution in [2.24, 2.45) is 0 Å². The average molecular weight is 677 g/mol. The van der Waals surface area contributed by atoms with Crippen LogP contribution in [0.15, 0.2) is 30.3 Å². The van der Waals surface area contributed by atoms with Crippen molar-refractivity contribution in [3.8, 4) is 11.5 Å². The highest BCUT2D eigenvalue weighted by Crippen LogP contribution is 2.46. The van der Waals surface area contributed by atoms with E-state index in [2.05, 4.69) is 9.57 Å². The van der Waals surface area contributed by atoms with Crippen molar-refractivity contribution in [3.05, 3.63) is 57.9 Å². The molecule has 1 saturated carbocycles. The molecule has 1 heterocycles. The lowest BCUT2D eigenvalue weighted by Gasteiger charge is -2.33. The molecule has 1 amide bonds. The van der Waals surface area contributed by atoms with Crippen LogP contribution in [-0.2, 0) is 26.2 Å². The molecule has 44 heavy (non-hydrogen) atoms. The fourth-order valence-corrected chi connectivity index (χ4v) is 5.48. The number of hydrogen-bond donors (Lipinski definition) is 0. The van der Waals surface area contributed by atoms with Crippen molar-refractivity contribution >= 4 is 33.5 Å². The Bertz CT molecular complexity index is 1530. The first-order valence-electron chi connectivity index (χ1n) is 12.9. The number of amides is 1. The molecule has 2 aromatic carbocycles. The Balaban J connectivity index is 1.53. The number of hydrogen-bond acceptors (Lipinski definition) is 8. The number of ether oxygens (including phenoxy) is 2. The minimum absolute atomic E-state index is 0.0233. The standard InChI is InChI=1S/C26H24ClF7N2O7S/c1-44(39,40)36(43-24(38)25(29,30)31)23(37)20-10-19(15-4-5-15)22(11-21(20)28)41-17-3-2-6-35(13-17)12-14-7-16(27)9-18(8-14)42-26(32,33)34/h7-11,15,17H,2-6,12-13H2,1H3/t17-/m1/s1. The van der Waals surface area contributed by atoms with Crippen molar-refractivity contribution in [2.75, 3.05) is 19.3 Å². The largest absolute Gasteiger partial charge is 0.573 e. The predicted molar refractivity (Wildman–Crippen MR) is 139 cm³/mol. The van der Waals surface area contributed by atoms with E-state index in [0.717, 1.165) is 18.2 Å². The van der Waals surface area contributed by atoms with Gasteiger partial charge in [0.15, 0.2) is 0 Å². The number of alkyl halides is 6. The smallest absolute Gasteiger partial charge is 0.489 e. The van der Waals surface area contributed by atoms with Gasteiger partial charge in [-0.25, -0.2) is 17.6 Å². The zero-order valence-corrected chi connectivity index (χ0v) is 24.2. The monoisotopic (exact) mass is 676 g/mol. The van der Waals surface area contributed by atoms with Crippen LogP contribution in [0, 0.1) is 5.82 Å². The van der Waals surface area contributed by atoms with Crippen LogP contribution in [0.2, 0.25) is 5.02 Å². The van der Waals surface area contributed by atoms with Gasteiger partial charge < -0.3 is 14.3 Å². The third-order valence-corrected chi connectivity index (χ3v) is 7.60. The third-order valence-electron chi connectivity index (χ3n) is 6.54. The summed E-state index contributed by atoms with van der Waals surface area (Å²) in [5, 5.41) is 0.0355. The van der Waals surface area contributed by atoms with Gasteiger partial charge in [0, 0.05) is 24.2 Å². The van der Waals surface area contributed by atoms with Gasteiger partial charge in [0.1, 0.15) is 23.4 Å². The zero-order chi connectivity index (χ0) is 32.6.